The molecule has 33 heavy (non-hydrogen) atoms. The van der Waals surface area contributed by atoms with Crippen LogP contribution in [0.15, 0.2) is 38.8 Å². The molecule has 12 nitrogen and oxygen atoms in total. The predicted octanol–water partition coefficient (Wildman–Crippen LogP) is 2.15. The van der Waals surface area contributed by atoms with Gasteiger partial charge in [-0.15, -0.1) is 21.5 Å². The monoisotopic (exact) mass is 519 g/mol. The van der Waals surface area contributed by atoms with Gasteiger partial charge in [0.1, 0.15) is 20.8 Å². The van der Waals surface area contributed by atoms with Crippen molar-refractivity contribution in [3.05, 3.63) is 51.6 Å². The number of nitrogens with one attached hydrogen (secondary N) is 2. The molecule has 0 saturated heterocycles. The number of hydrogen-bond acceptors (Lipinski definition) is 11. The highest BCUT2D eigenvalue weighted by Crippen LogP contribution is 2.42. The van der Waals surface area contributed by atoms with Crippen LogP contribution in [0.4, 0.5) is 4.79 Å². The lowest BCUT2D eigenvalue weighted by Crippen LogP contribution is -2.33. The standard InChI is InChI=1S/C18H21N3O9S3/c1-3-19-15-8-11(2)32(25,26)17-14(15)9-16(31-17)33(27,28)20-18(22)30-13-6-4-12(5-7-13)10-29-21(23)24/h4-7,9,11,15,19H,3,8,10H2,1-2H3,(H,20,22)/t11?,15-/m0/s1. The van der Waals surface area contributed by atoms with Gasteiger partial charge in [-0.1, -0.05) is 19.1 Å². The normalized spacial score (nSPS) is 19.3. The van der Waals surface area contributed by atoms with Crippen molar-refractivity contribution in [1.82, 2.24) is 10.0 Å². The van der Waals surface area contributed by atoms with E-state index in [2.05, 4.69) is 10.2 Å². The molecule has 15 heteroatoms. The van der Waals surface area contributed by atoms with Gasteiger partial charge in [0.2, 0.25) is 0 Å². The zero-order valence-corrected chi connectivity index (χ0v) is 20.0. The zero-order chi connectivity index (χ0) is 24.4. The van der Waals surface area contributed by atoms with Crippen LogP contribution >= 0.6 is 11.3 Å². The van der Waals surface area contributed by atoms with E-state index in [4.69, 9.17) is 4.74 Å². The van der Waals surface area contributed by atoms with Crippen LogP contribution < -0.4 is 14.8 Å². The van der Waals surface area contributed by atoms with Gasteiger partial charge in [0, 0.05) is 11.6 Å². The zero-order valence-electron chi connectivity index (χ0n) is 17.5. The second-order valence-electron chi connectivity index (χ2n) is 7.15. The lowest BCUT2D eigenvalue weighted by molar-refractivity contribution is -0.763. The van der Waals surface area contributed by atoms with Crippen LogP contribution in [0.25, 0.3) is 0 Å². The summed E-state index contributed by atoms with van der Waals surface area (Å²) in [5.74, 6) is -0.0124. The van der Waals surface area contributed by atoms with Gasteiger partial charge in [0.15, 0.2) is 9.84 Å². The molecule has 180 valence electrons. The van der Waals surface area contributed by atoms with E-state index in [0.717, 1.165) is 0 Å². The highest BCUT2D eigenvalue weighted by molar-refractivity contribution is 7.95. The van der Waals surface area contributed by atoms with Crippen molar-refractivity contribution in [2.45, 2.75) is 46.6 Å². The second kappa shape index (κ2) is 9.62. The largest absolute Gasteiger partial charge is 0.426 e. The maximum absolute atomic E-state index is 12.7. The van der Waals surface area contributed by atoms with Crippen LogP contribution in [-0.4, -0.2) is 39.8 Å². The minimum Gasteiger partial charge on any atom is -0.410 e. The Hall–Kier alpha value is -2.75. The summed E-state index contributed by atoms with van der Waals surface area (Å²) in [6.45, 7) is 3.69. The molecule has 0 saturated carbocycles. The smallest absolute Gasteiger partial charge is 0.410 e. The van der Waals surface area contributed by atoms with E-state index in [-0.39, 0.29) is 26.8 Å². The van der Waals surface area contributed by atoms with Gasteiger partial charge in [-0.2, -0.15) is 0 Å². The van der Waals surface area contributed by atoms with Crippen LogP contribution in [-0.2, 0) is 31.3 Å². The first kappa shape index (κ1) is 24.9. The molecule has 2 aromatic rings. The summed E-state index contributed by atoms with van der Waals surface area (Å²) in [6, 6.07) is 6.36. The Labute approximate surface area is 194 Å². The number of thiophene rings is 1. The number of carbonyl (C=O) groups is 1. The van der Waals surface area contributed by atoms with E-state index in [9.17, 15) is 31.7 Å². The Kier molecular flexibility index (Phi) is 7.26. The van der Waals surface area contributed by atoms with Crippen molar-refractivity contribution >= 4 is 37.3 Å². The molecular formula is C18H21N3O9S3. The van der Waals surface area contributed by atoms with Crippen molar-refractivity contribution in [2.75, 3.05) is 6.54 Å². The summed E-state index contributed by atoms with van der Waals surface area (Å²) >= 11 is 0.585. The lowest BCUT2D eigenvalue weighted by Gasteiger charge is -2.27. The third kappa shape index (κ3) is 5.61. The molecule has 1 amide bonds. The average molecular weight is 520 g/mol. The van der Waals surface area contributed by atoms with Crippen molar-refractivity contribution < 1.29 is 36.3 Å². The number of rotatable bonds is 8. The number of benzene rings is 1. The maximum atomic E-state index is 12.7. The number of fused-ring (bicyclic) bond motifs is 1. The molecule has 1 aliphatic rings. The molecule has 1 aromatic carbocycles. The number of ether oxygens (including phenoxy) is 1. The molecule has 0 spiro atoms. The average Bonchev–Trinajstić information content (AvgIpc) is 3.19. The molecule has 1 unspecified atom stereocenters. The second-order valence-corrected chi connectivity index (χ2v) is 12.7. The van der Waals surface area contributed by atoms with Crippen molar-refractivity contribution in [3.63, 3.8) is 0 Å². The fraction of sp³-hybridized carbons (Fsp3) is 0.389. The van der Waals surface area contributed by atoms with Gasteiger partial charge in [0.25, 0.3) is 15.1 Å². The van der Waals surface area contributed by atoms with Gasteiger partial charge >= 0.3 is 6.09 Å². The molecule has 0 aliphatic carbocycles. The van der Waals surface area contributed by atoms with Gasteiger partial charge < -0.3 is 14.9 Å². The predicted molar refractivity (Wildman–Crippen MR) is 117 cm³/mol. The third-order valence-electron chi connectivity index (χ3n) is 4.84. The first-order chi connectivity index (χ1) is 15.4. The van der Waals surface area contributed by atoms with Crippen molar-refractivity contribution in [3.8, 4) is 5.75 Å². The van der Waals surface area contributed by atoms with Gasteiger partial charge in [0.05, 0.1) is 5.25 Å². The Bertz CT molecular complexity index is 1250. The number of carbonyl (C=O) groups excluding carboxylic acids is 1. The lowest BCUT2D eigenvalue weighted by atomic mass is 10.1. The Balaban J connectivity index is 1.75. The molecule has 3 rings (SSSR count). The van der Waals surface area contributed by atoms with E-state index in [0.29, 0.717) is 35.4 Å². The van der Waals surface area contributed by atoms with Gasteiger partial charge in [-0.25, -0.2) is 26.4 Å². The number of sulfonamides is 1. The summed E-state index contributed by atoms with van der Waals surface area (Å²) in [5.41, 5.74) is 0.795. The van der Waals surface area contributed by atoms with Crippen molar-refractivity contribution in [1.29, 1.82) is 0 Å². The molecule has 2 heterocycles. The summed E-state index contributed by atoms with van der Waals surface area (Å²) in [4.78, 5) is 26.6. The van der Waals surface area contributed by atoms with Crippen LogP contribution in [0, 0.1) is 10.1 Å². The highest BCUT2D eigenvalue weighted by Gasteiger charge is 2.39. The molecular weight excluding hydrogens is 498 g/mol. The van der Waals surface area contributed by atoms with E-state index < -0.39 is 36.3 Å². The fourth-order valence-corrected chi connectivity index (χ4v) is 8.11. The molecule has 0 bridgehead atoms. The maximum Gasteiger partial charge on any atom is 0.426 e. The van der Waals surface area contributed by atoms with E-state index in [1.807, 2.05) is 6.92 Å². The minimum absolute atomic E-state index is 0.0124. The Morgan fingerprint density at radius 3 is 2.58 bits per heavy atom. The number of amides is 1. The Morgan fingerprint density at radius 1 is 1.30 bits per heavy atom. The fourth-order valence-electron chi connectivity index (χ4n) is 3.24. The molecule has 1 aliphatic heterocycles. The highest BCUT2D eigenvalue weighted by atomic mass is 32.3. The first-order valence-electron chi connectivity index (χ1n) is 9.66. The van der Waals surface area contributed by atoms with Crippen molar-refractivity contribution in [2.24, 2.45) is 0 Å². The molecule has 2 atom stereocenters. The van der Waals surface area contributed by atoms with Crippen LogP contribution in [0.3, 0.4) is 0 Å². The molecule has 2 N–H and O–H groups in total. The summed E-state index contributed by atoms with van der Waals surface area (Å²) in [6.07, 6.45) is -0.993. The topological polar surface area (TPSA) is 171 Å². The van der Waals surface area contributed by atoms with E-state index in [1.54, 1.807) is 11.6 Å². The minimum atomic E-state index is -4.40. The SMILES string of the molecule is CCN[C@H]1CC(C)S(=O)(=O)c2sc(S(=O)(=O)NC(=O)Oc3ccc(CO[N+](=O)[O-])cc3)cc21. The third-order valence-corrected chi connectivity index (χ3v) is 10.5. The summed E-state index contributed by atoms with van der Waals surface area (Å²) in [5, 5.41) is 11.7. The molecule has 1 aromatic heterocycles. The molecule has 0 radical (unpaired) electrons. The number of nitrogens with zero attached hydrogens (tertiary/aromatic N) is 1. The number of hydrogen-bond donors (Lipinski definition) is 2. The molecule has 0 fully saturated rings. The number of sulfone groups is 1. The Morgan fingerprint density at radius 2 is 1.97 bits per heavy atom. The summed E-state index contributed by atoms with van der Waals surface area (Å²) < 4.78 is 57.2. The first-order valence-corrected chi connectivity index (χ1v) is 13.5. The van der Waals surface area contributed by atoms with E-state index in [1.165, 1.54) is 30.3 Å². The van der Waals surface area contributed by atoms with E-state index >= 15 is 0 Å². The van der Waals surface area contributed by atoms with Crippen LogP contribution in [0.2, 0.25) is 0 Å². The van der Waals surface area contributed by atoms with Crippen LogP contribution in [0.5, 0.6) is 5.75 Å². The van der Waals surface area contributed by atoms with Gasteiger partial charge in [-0.3, -0.25) is 0 Å². The van der Waals surface area contributed by atoms with Crippen LogP contribution in [0.1, 0.15) is 37.4 Å². The van der Waals surface area contributed by atoms with Gasteiger partial charge in [-0.05, 0) is 43.7 Å². The summed E-state index contributed by atoms with van der Waals surface area (Å²) in [7, 11) is -8.08. The quantitative estimate of drug-likeness (QED) is 0.389.